The molecule has 0 aliphatic heterocycles. The molecule has 2 nitrogen and oxygen atoms in total. The van der Waals surface area contributed by atoms with Gasteiger partial charge in [0.25, 0.3) is 0 Å². The van der Waals surface area contributed by atoms with Crippen LogP contribution in [0.25, 0.3) is 22.2 Å². The molecule has 4 rings (SSSR count). The third-order valence-electron chi connectivity index (χ3n) is 4.11. The average Bonchev–Trinajstić information content (AvgIpc) is 3.05. The standard InChI is InChI=1S/C21H15FN2/c1-15(16-5-3-2-4-6-16)17-7-12-21-18(13-17)14-23-24(21)20-10-8-19(22)9-11-20/h2-14H,1H2. The number of nitrogens with zero attached hydrogens (tertiary/aromatic N) is 2. The van der Waals surface area contributed by atoms with Gasteiger partial charge >= 0.3 is 0 Å². The van der Waals surface area contributed by atoms with Gasteiger partial charge in [0.05, 0.1) is 17.4 Å². The van der Waals surface area contributed by atoms with Crippen molar-refractivity contribution in [2.24, 2.45) is 0 Å². The Morgan fingerprint density at radius 1 is 0.875 bits per heavy atom. The van der Waals surface area contributed by atoms with E-state index in [0.717, 1.165) is 33.3 Å². The second-order valence-electron chi connectivity index (χ2n) is 5.65. The summed E-state index contributed by atoms with van der Waals surface area (Å²) >= 11 is 0. The first kappa shape index (κ1) is 14.4. The van der Waals surface area contributed by atoms with Gasteiger partial charge < -0.3 is 0 Å². The van der Waals surface area contributed by atoms with Gasteiger partial charge in [0.15, 0.2) is 0 Å². The number of hydrogen-bond donors (Lipinski definition) is 0. The maximum absolute atomic E-state index is 13.1. The summed E-state index contributed by atoms with van der Waals surface area (Å²) in [4.78, 5) is 0. The number of benzene rings is 3. The fraction of sp³-hybridized carbons (Fsp3) is 0. The maximum Gasteiger partial charge on any atom is 0.123 e. The van der Waals surface area contributed by atoms with Gasteiger partial charge in [-0.1, -0.05) is 43.0 Å². The second kappa shape index (κ2) is 5.78. The van der Waals surface area contributed by atoms with Crippen molar-refractivity contribution in [2.45, 2.75) is 0 Å². The van der Waals surface area contributed by atoms with Crippen LogP contribution < -0.4 is 0 Å². The van der Waals surface area contributed by atoms with E-state index in [-0.39, 0.29) is 5.82 Å². The van der Waals surface area contributed by atoms with Crippen molar-refractivity contribution in [3.63, 3.8) is 0 Å². The van der Waals surface area contributed by atoms with Crippen molar-refractivity contribution >= 4 is 16.5 Å². The quantitative estimate of drug-likeness (QED) is 0.506. The normalized spacial score (nSPS) is 10.9. The van der Waals surface area contributed by atoms with Crippen LogP contribution in [0.5, 0.6) is 0 Å². The Hall–Kier alpha value is -3.20. The lowest BCUT2D eigenvalue weighted by Gasteiger charge is -2.07. The number of aromatic nitrogens is 2. The summed E-state index contributed by atoms with van der Waals surface area (Å²) < 4.78 is 14.9. The van der Waals surface area contributed by atoms with E-state index in [4.69, 9.17) is 0 Å². The minimum Gasteiger partial charge on any atom is -0.233 e. The summed E-state index contributed by atoms with van der Waals surface area (Å²) in [6, 6.07) is 22.6. The molecule has 0 aliphatic rings. The highest BCUT2D eigenvalue weighted by atomic mass is 19.1. The Balaban J connectivity index is 1.75. The topological polar surface area (TPSA) is 17.8 Å². The number of halogens is 1. The van der Waals surface area contributed by atoms with Gasteiger partial charge in [-0.3, -0.25) is 0 Å². The molecule has 1 aromatic heterocycles. The average molecular weight is 314 g/mol. The summed E-state index contributed by atoms with van der Waals surface area (Å²) in [6.07, 6.45) is 1.82. The fourth-order valence-electron chi connectivity index (χ4n) is 2.81. The first-order valence-electron chi connectivity index (χ1n) is 7.71. The van der Waals surface area contributed by atoms with E-state index < -0.39 is 0 Å². The van der Waals surface area contributed by atoms with E-state index in [1.54, 1.807) is 12.1 Å². The van der Waals surface area contributed by atoms with Crippen molar-refractivity contribution in [1.29, 1.82) is 0 Å². The highest BCUT2D eigenvalue weighted by Crippen LogP contribution is 2.26. The monoisotopic (exact) mass is 314 g/mol. The van der Waals surface area contributed by atoms with Crippen LogP contribution in [0.1, 0.15) is 11.1 Å². The number of rotatable bonds is 3. The first-order chi connectivity index (χ1) is 11.7. The molecule has 0 atom stereocenters. The highest BCUT2D eigenvalue weighted by Gasteiger charge is 2.08. The third-order valence-corrected chi connectivity index (χ3v) is 4.11. The zero-order valence-corrected chi connectivity index (χ0v) is 13.0. The second-order valence-corrected chi connectivity index (χ2v) is 5.65. The van der Waals surface area contributed by atoms with Crippen LogP contribution in [0.15, 0.2) is 85.6 Å². The van der Waals surface area contributed by atoms with E-state index in [0.29, 0.717) is 0 Å². The lowest BCUT2D eigenvalue weighted by Crippen LogP contribution is -1.96. The predicted molar refractivity (Wildman–Crippen MR) is 95.6 cm³/mol. The molecule has 0 spiro atoms. The summed E-state index contributed by atoms with van der Waals surface area (Å²) in [5.74, 6) is -0.253. The molecule has 0 bridgehead atoms. The van der Waals surface area contributed by atoms with E-state index >= 15 is 0 Å². The Morgan fingerprint density at radius 3 is 2.38 bits per heavy atom. The number of hydrogen-bond acceptors (Lipinski definition) is 1. The minimum atomic E-state index is -0.253. The minimum absolute atomic E-state index is 0.253. The van der Waals surface area contributed by atoms with Gasteiger partial charge in [-0.2, -0.15) is 5.10 Å². The Labute approximate surface area is 139 Å². The van der Waals surface area contributed by atoms with Gasteiger partial charge in [-0.25, -0.2) is 9.07 Å². The molecular weight excluding hydrogens is 299 g/mol. The first-order valence-corrected chi connectivity index (χ1v) is 7.71. The molecule has 0 saturated carbocycles. The SMILES string of the molecule is C=C(c1ccccc1)c1ccc2c(cnn2-c2ccc(F)cc2)c1. The Kier molecular flexibility index (Phi) is 3.47. The van der Waals surface area contributed by atoms with Gasteiger partial charge in [0, 0.05) is 5.39 Å². The number of fused-ring (bicyclic) bond motifs is 1. The summed E-state index contributed by atoms with van der Waals surface area (Å²) in [5.41, 5.74) is 4.95. The van der Waals surface area contributed by atoms with Gasteiger partial charge in [-0.15, -0.1) is 0 Å². The molecule has 4 aromatic rings. The van der Waals surface area contributed by atoms with Gasteiger partial charge in [-0.05, 0) is 53.1 Å². The van der Waals surface area contributed by atoms with Crippen molar-refractivity contribution in [1.82, 2.24) is 9.78 Å². The van der Waals surface area contributed by atoms with Crippen LogP contribution in [0.3, 0.4) is 0 Å². The van der Waals surface area contributed by atoms with E-state index in [1.807, 2.05) is 41.2 Å². The van der Waals surface area contributed by atoms with Crippen LogP contribution in [0, 0.1) is 5.82 Å². The zero-order valence-electron chi connectivity index (χ0n) is 13.0. The van der Waals surface area contributed by atoms with Crippen molar-refractivity contribution < 1.29 is 4.39 Å². The van der Waals surface area contributed by atoms with Crippen LogP contribution in [0.4, 0.5) is 4.39 Å². The maximum atomic E-state index is 13.1. The van der Waals surface area contributed by atoms with E-state index in [2.05, 4.69) is 29.9 Å². The summed E-state index contributed by atoms with van der Waals surface area (Å²) in [5, 5.41) is 5.46. The molecule has 1 heterocycles. The highest BCUT2D eigenvalue weighted by molar-refractivity contribution is 5.87. The summed E-state index contributed by atoms with van der Waals surface area (Å²) in [6.45, 7) is 4.21. The van der Waals surface area contributed by atoms with Gasteiger partial charge in [0.2, 0.25) is 0 Å². The van der Waals surface area contributed by atoms with Gasteiger partial charge in [0.1, 0.15) is 5.82 Å². The predicted octanol–water partition coefficient (Wildman–Crippen LogP) is 5.23. The van der Waals surface area contributed by atoms with E-state index in [1.165, 1.54) is 12.1 Å². The molecule has 0 saturated heterocycles. The molecule has 0 unspecified atom stereocenters. The molecule has 3 aromatic carbocycles. The third kappa shape index (κ3) is 2.50. The van der Waals surface area contributed by atoms with Crippen molar-refractivity contribution in [3.8, 4) is 5.69 Å². The molecule has 3 heteroatoms. The van der Waals surface area contributed by atoms with Crippen LogP contribution in [-0.4, -0.2) is 9.78 Å². The Bertz CT molecular complexity index is 1010. The van der Waals surface area contributed by atoms with Crippen LogP contribution in [-0.2, 0) is 0 Å². The largest absolute Gasteiger partial charge is 0.233 e. The molecule has 0 amide bonds. The molecule has 0 radical (unpaired) electrons. The smallest absolute Gasteiger partial charge is 0.123 e. The fourth-order valence-corrected chi connectivity index (χ4v) is 2.81. The van der Waals surface area contributed by atoms with Crippen molar-refractivity contribution in [2.75, 3.05) is 0 Å². The summed E-state index contributed by atoms with van der Waals surface area (Å²) in [7, 11) is 0. The molecule has 24 heavy (non-hydrogen) atoms. The lowest BCUT2D eigenvalue weighted by molar-refractivity contribution is 0.627. The molecule has 116 valence electrons. The van der Waals surface area contributed by atoms with Crippen LogP contribution in [0.2, 0.25) is 0 Å². The molecule has 0 aliphatic carbocycles. The van der Waals surface area contributed by atoms with Crippen molar-refractivity contribution in [3.05, 3.63) is 103 Å². The lowest BCUT2D eigenvalue weighted by atomic mass is 9.99. The van der Waals surface area contributed by atoms with E-state index in [9.17, 15) is 4.39 Å². The molecule has 0 N–H and O–H groups in total. The zero-order chi connectivity index (χ0) is 16.5. The molecular formula is C21H15FN2. The molecule has 0 fully saturated rings. The van der Waals surface area contributed by atoms with Crippen LogP contribution >= 0.6 is 0 Å². The Morgan fingerprint density at radius 2 is 1.62 bits per heavy atom.